The quantitative estimate of drug-likeness (QED) is 0.351. The highest BCUT2D eigenvalue weighted by atomic mass is 16.6. The molecule has 2 N–H and O–H groups in total. The van der Waals surface area contributed by atoms with E-state index in [-0.39, 0.29) is 19.6 Å². The van der Waals surface area contributed by atoms with Gasteiger partial charge >= 0.3 is 12.1 Å². The monoisotopic (exact) mass is 536 g/mol. The number of benzene rings is 2. The number of aromatic nitrogens is 2. The molecule has 0 aliphatic carbocycles. The van der Waals surface area contributed by atoms with Crippen LogP contribution < -0.4 is 15.4 Å². The highest BCUT2D eigenvalue weighted by Gasteiger charge is 2.23. The van der Waals surface area contributed by atoms with Crippen molar-refractivity contribution in [3.63, 3.8) is 0 Å². The third-order valence-corrected chi connectivity index (χ3v) is 5.54. The summed E-state index contributed by atoms with van der Waals surface area (Å²) in [6, 6.07) is 16.4. The summed E-state index contributed by atoms with van der Waals surface area (Å²) in [6.45, 7) is 7.17. The number of hydrogen-bond acceptors (Lipinski definition) is 7. The number of nitrogens with one attached hydrogen (secondary N) is 2. The molecular weight excluding hydrogens is 500 g/mol. The van der Waals surface area contributed by atoms with Crippen molar-refractivity contribution in [3.05, 3.63) is 71.9 Å². The molecule has 10 heteroatoms. The van der Waals surface area contributed by atoms with Gasteiger partial charge in [0.05, 0.1) is 24.8 Å². The maximum absolute atomic E-state index is 12.8. The van der Waals surface area contributed by atoms with Gasteiger partial charge in [-0.25, -0.2) is 4.79 Å². The van der Waals surface area contributed by atoms with Crippen LogP contribution in [0.3, 0.4) is 0 Å². The zero-order valence-electron chi connectivity index (χ0n) is 23.0. The average molecular weight is 537 g/mol. The van der Waals surface area contributed by atoms with Crippen LogP contribution in [0.15, 0.2) is 60.8 Å². The van der Waals surface area contributed by atoms with Crippen molar-refractivity contribution < 1.29 is 28.6 Å². The number of hydrogen-bond donors (Lipinski definition) is 2. The van der Waals surface area contributed by atoms with Crippen molar-refractivity contribution in [2.24, 2.45) is 7.05 Å². The molecule has 1 unspecified atom stereocenters. The molecule has 0 aliphatic heterocycles. The van der Waals surface area contributed by atoms with Crippen LogP contribution in [0.1, 0.15) is 51.3 Å². The number of aryl methyl sites for hydroxylation is 1. The zero-order valence-corrected chi connectivity index (χ0v) is 23.0. The molecule has 1 heterocycles. The Kier molecular flexibility index (Phi) is 10.1. The minimum Gasteiger partial charge on any atom is -0.488 e. The Morgan fingerprint density at radius 2 is 1.79 bits per heavy atom. The van der Waals surface area contributed by atoms with Gasteiger partial charge in [-0.1, -0.05) is 36.4 Å². The van der Waals surface area contributed by atoms with Crippen LogP contribution in [0.5, 0.6) is 5.75 Å². The molecule has 3 aromatic rings. The first-order valence-corrected chi connectivity index (χ1v) is 12.8. The molecule has 10 nitrogen and oxygen atoms in total. The van der Waals surface area contributed by atoms with E-state index in [9.17, 15) is 14.4 Å². The summed E-state index contributed by atoms with van der Waals surface area (Å²) in [6.07, 6.45) is 0.877. The van der Waals surface area contributed by atoms with Crippen LogP contribution in [-0.2, 0) is 32.7 Å². The lowest BCUT2D eigenvalue weighted by molar-refractivity contribution is -0.143. The van der Waals surface area contributed by atoms with Gasteiger partial charge < -0.3 is 24.8 Å². The maximum atomic E-state index is 12.8. The van der Waals surface area contributed by atoms with E-state index in [4.69, 9.17) is 14.2 Å². The third kappa shape index (κ3) is 9.17. The predicted molar refractivity (Wildman–Crippen MR) is 146 cm³/mol. The highest BCUT2D eigenvalue weighted by molar-refractivity contribution is 5.83. The van der Waals surface area contributed by atoms with E-state index in [2.05, 4.69) is 15.7 Å². The largest absolute Gasteiger partial charge is 0.488 e. The molecule has 0 spiro atoms. The van der Waals surface area contributed by atoms with Crippen molar-refractivity contribution in [3.8, 4) is 17.0 Å². The van der Waals surface area contributed by atoms with E-state index >= 15 is 0 Å². The summed E-state index contributed by atoms with van der Waals surface area (Å²) in [5, 5.41) is 9.55. The molecule has 0 aliphatic rings. The number of esters is 1. The molecule has 2 aromatic carbocycles. The number of carbonyl (C=O) groups is 3. The fourth-order valence-corrected chi connectivity index (χ4v) is 3.81. The number of nitrogens with zero attached hydrogens (tertiary/aromatic N) is 2. The fraction of sp³-hybridized carbons (Fsp3) is 0.379. The lowest BCUT2D eigenvalue weighted by Gasteiger charge is -2.22. The van der Waals surface area contributed by atoms with Gasteiger partial charge in [0.1, 0.15) is 24.5 Å². The number of amides is 2. The molecular formula is C29H36N4O6. The Bertz CT molecular complexity index is 1270. The van der Waals surface area contributed by atoms with Crippen molar-refractivity contribution in [2.75, 3.05) is 13.2 Å². The summed E-state index contributed by atoms with van der Waals surface area (Å²) < 4.78 is 18.2. The van der Waals surface area contributed by atoms with Crippen LogP contribution in [0.4, 0.5) is 4.79 Å². The van der Waals surface area contributed by atoms with Gasteiger partial charge in [-0.05, 0) is 57.0 Å². The molecule has 39 heavy (non-hydrogen) atoms. The van der Waals surface area contributed by atoms with Gasteiger partial charge in [0.25, 0.3) is 0 Å². The molecule has 0 saturated heterocycles. The van der Waals surface area contributed by atoms with E-state index in [0.29, 0.717) is 17.9 Å². The van der Waals surface area contributed by atoms with Gasteiger partial charge in [-0.15, -0.1) is 0 Å². The lowest BCUT2D eigenvalue weighted by atomic mass is 9.99. The van der Waals surface area contributed by atoms with Crippen molar-refractivity contribution >= 4 is 18.0 Å². The molecule has 2 amide bonds. The van der Waals surface area contributed by atoms with Gasteiger partial charge in [0, 0.05) is 18.8 Å². The minimum atomic E-state index is -0.716. The Balaban J connectivity index is 1.85. The fourth-order valence-electron chi connectivity index (χ4n) is 3.81. The normalized spacial score (nSPS) is 11.8. The lowest BCUT2D eigenvalue weighted by Crippen LogP contribution is -2.41. The summed E-state index contributed by atoms with van der Waals surface area (Å²) in [4.78, 5) is 37.2. The Morgan fingerprint density at radius 3 is 2.44 bits per heavy atom. The van der Waals surface area contributed by atoms with E-state index in [1.807, 2.05) is 55.6 Å². The number of carbonyl (C=O) groups excluding carboxylic acids is 3. The molecule has 3 rings (SSSR count). The first kappa shape index (κ1) is 29.2. The minimum absolute atomic E-state index is 0.0962. The summed E-state index contributed by atoms with van der Waals surface area (Å²) in [5.41, 5.74) is 2.53. The van der Waals surface area contributed by atoms with Crippen LogP contribution in [0.25, 0.3) is 11.3 Å². The predicted octanol–water partition coefficient (Wildman–Crippen LogP) is 4.30. The standard InChI is InChI=1S/C29H36N4O6/c1-6-37-27(35)17-23(32-26(34)18-30-28(36)39-29(2,3)4)21-12-13-25(38-19-20-10-8-7-9-11-20)22(16-21)24-14-15-31-33(24)5/h7-16,23H,6,17-19H2,1-5H3,(H,30,36)(H,32,34). The smallest absolute Gasteiger partial charge is 0.408 e. The van der Waals surface area contributed by atoms with E-state index in [0.717, 1.165) is 16.8 Å². The Labute approximate surface area is 228 Å². The molecule has 0 radical (unpaired) electrons. The molecule has 0 bridgehead atoms. The van der Waals surface area contributed by atoms with Gasteiger partial charge in [0.15, 0.2) is 0 Å². The Morgan fingerprint density at radius 1 is 1.05 bits per heavy atom. The molecule has 1 atom stereocenters. The summed E-state index contributed by atoms with van der Waals surface area (Å²) in [5.74, 6) is -0.324. The zero-order chi connectivity index (χ0) is 28.4. The van der Waals surface area contributed by atoms with Crippen molar-refractivity contribution in [2.45, 2.75) is 52.4 Å². The third-order valence-electron chi connectivity index (χ3n) is 5.54. The topological polar surface area (TPSA) is 121 Å². The molecule has 0 saturated carbocycles. The second-order valence-electron chi connectivity index (χ2n) is 9.85. The second kappa shape index (κ2) is 13.5. The number of alkyl carbamates (subject to hydrolysis) is 1. The van der Waals surface area contributed by atoms with Crippen LogP contribution in [-0.4, -0.2) is 46.5 Å². The van der Waals surface area contributed by atoms with Crippen LogP contribution in [0.2, 0.25) is 0 Å². The van der Waals surface area contributed by atoms with Gasteiger partial charge in [0.2, 0.25) is 5.91 Å². The van der Waals surface area contributed by atoms with E-state index < -0.39 is 29.6 Å². The SMILES string of the molecule is CCOC(=O)CC(NC(=O)CNC(=O)OC(C)(C)C)c1ccc(OCc2ccccc2)c(-c2ccnn2C)c1. The number of ether oxygens (including phenoxy) is 3. The van der Waals surface area contributed by atoms with Crippen LogP contribution in [0, 0.1) is 0 Å². The van der Waals surface area contributed by atoms with E-state index in [1.165, 1.54) is 0 Å². The molecule has 0 fully saturated rings. The van der Waals surface area contributed by atoms with Crippen molar-refractivity contribution in [1.29, 1.82) is 0 Å². The van der Waals surface area contributed by atoms with Gasteiger partial charge in [-0.3, -0.25) is 14.3 Å². The number of rotatable bonds is 11. The molecule has 208 valence electrons. The Hall–Kier alpha value is -4.34. The maximum Gasteiger partial charge on any atom is 0.408 e. The average Bonchev–Trinajstić information content (AvgIpc) is 3.31. The van der Waals surface area contributed by atoms with Crippen LogP contribution >= 0.6 is 0 Å². The summed E-state index contributed by atoms with van der Waals surface area (Å²) >= 11 is 0. The van der Waals surface area contributed by atoms with Crippen molar-refractivity contribution in [1.82, 2.24) is 20.4 Å². The second-order valence-corrected chi connectivity index (χ2v) is 9.85. The van der Waals surface area contributed by atoms with Gasteiger partial charge in [-0.2, -0.15) is 5.10 Å². The van der Waals surface area contributed by atoms with E-state index in [1.54, 1.807) is 44.6 Å². The first-order chi connectivity index (χ1) is 18.6. The summed E-state index contributed by atoms with van der Waals surface area (Å²) in [7, 11) is 1.82. The first-order valence-electron chi connectivity index (χ1n) is 12.8. The highest BCUT2D eigenvalue weighted by Crippen LogP contribution is 2.34. The molecule has 1 aromatic heterocycles.